The normalized spacial score (nSPS) is 11.0. The van der Waals surface area contributed by atoms with Gasteiger partial charge in [-0.15, -0.1) is 0 Å². The smallest absolute Gasteiger partial charge is 0.354 e. The third kappa shape index (κ3) is 3.14. The van der Waals surface area contributed by atoms with Gasteiger partial charge in [0, 0.05) is 11.3 Å². The zero-order valence-corrected chi connectivity index (χ0v) is 10.9. The van der Waals surface area contributed by atoms with Crippen molar-refractivity contribution < 1.29 is 17.6 Å². The molecule has 1 N–H and O–H groups in total. The van der Waals surface area contributed by atoms with Gasteiger partial charge in [0.25, 0.3) is 0 Å². The largest absolute Gasteiger partial charge is 0.416 e. The Morgan fingerprint density at radius 3 is 2.43 bits per heavy atom. The Morgan fingerprint density at radius 1 is 1.10 bits per heavy atom. The Hall–Kier alpha value is -2.55. The van der Waals surface area contributed by atoms with Gasteiger partial charge in [0.2, 0.25) is 0 Å². The van der Waals surface area contributed by atoms with Crippen LogP contribution in [0.15, 0.2) is 36.4 Å². The number of rotatable bonds is 2. The Kier molecular flexibility index (Phi) is 3.85. The molecule has 0 aliphatic rings. The van der Waals surface area contributed by atoms with Crippen molar-refractivity contribution in [2.75, 3.05) is 5.32 Å². The second-order valence-corrected chi connectivity index (χ2v) is 4.41. The van der Waals surface area contributed by atoms with Crippen molar-refractivity contribution in [2.24, 2.45) is 0 Å². The lowest BCUT2D eigenvalue weighted by Gasteiger charge is -2.13. The molecule has 0 aliphatic carbocycles. The molecule has 0 heterocycles. The van der Waals surface area contributed by atoms with Crippen molar-refractivity contribution in [3.8, 4) is 6.07 Å². The molecule has 2 aromatic carbocycles. The maximum atomic E-state index is 13.4. The van der Waals surface area contributed by atoms with Crippen LogP contribution in [0.2, 0.25) is 0 Å². The summed E-state index contributed by atoms with van der Waals surface area (Å²) in [6.45, 7) is 1.54. The minimum Gasteiger partial charge on any atom is -0.354 e. The fourth-order valence-corrected chi connectivity index (χ4v) is 1.81. The van der Waals surface area contributed by atoms with Gasteiger partial charge in [0.05, 0.1) is 16.8 Å². The predicted molar refractivity (Wildman–Crippen MR) is 70.6 cm³/mol. The van der Waals surface area contributed by atoms with Crippen LogP contribution in [0.25, 0.3) is 0 Å². The van der Waals surface area contributed by atoms with E-state index in [1.807, 2.05) is 0 Å². The molecular weight excluding hydrogens is 284 g/mol. The van der Waals surface area contributed by atoms with E-state index in [1.54, 1.807) is 12.1 Å². The molecule has 2 rings (SSSR count). The average molecular weight is 294 g/mol. The molecule has 0 aliphatic heterocycles. The average Bonchev–Trinajstić information content (AvgIpc) is 2.43. The van der Waals surface area contributed by atoms with Crippen LogP contribution in [0.5, 0.6) is 0 Å². The van der Waals surface area contributed by atoms with Gasteiger partial charge in [-0.2, -0.15) is 18.4 Å². The van der Waals surface area contributed by atoms with Crippen LogP contribution < -0.4 is 5.32 Å². The number of benzene rings is 2. The monoisotopic (exact) mass is 294 g/mol. The number of halogens is 4. The van der Waals surface area contributed by atoms with Crippen LogP contribution in [0.1, 0.15) is 16.7 Å². The molecule has 0 aromatic heterocycles. The highest BCUT2D eigenvalue weighted by Crippen LogP contribution is 2.33. The molecule has 6 heteroatoms. The van der Waals surface area contributed by atoms with Gasteiger partial charge in [0.15, 0.2) is 0 Å². The van der Waals surface area contributed by atoms with E-state index in [0.29, 0.717) is 11.3 Å². The van der Waals surface area contributed by atoms with Crippen molar-refractivity contribution in [2.45, 2.75) is 13.1 Å². The van der Waals surface area contributed by atoms with E-state index in [2.05, 4.69) is 5.32 Å². The molecule has 2 aromatic rings. The summed E-state index contributed by atoms with van der Waals surface area (Å²) in [5, 5.41) is 11.8. The molecule has 0 spiro atoms. The topological polar surface area (TPSA) is 35.8 Å². The summed E-state index contributed by atoms with van der Waals surface area (Å²) < 4.78 is 51.2. The maximum absolute atomic E-state index is 13.4. The molecule has 0 radical (unpaired) electrons. The molecule has 21 heavy (non-hydrogen) atoms. The summed E-state index contributed by atoms with van der Waals surface area (Å²) in [5.41, 5.74) is -0.152. The highest BCUT2D eigenvalue weighted by molar-refractivity contribution is 5.69. The fourth-order valence-electron chi connectivity index (χ4n) is 1.81. The second-order valence-electron chi connectivity index (χ2n) is 4.41. The van der Waals surface area contributed by atoms with E-state index in [1.165, 1.54) is 19.1 Å². The molecule has 0 saturated heterocycles. The predicted octanol–water partition coefficient (Wildman–Crippen LogP) is 4.77. The molecule has 2 nitrogen and oxygen atoms in total. The summed E-state index contributed by atoms with van der Waals surface area (Å²) in [5.74, 6) is -0.439. The molecule has 0 atom stereocenters. The van der Waals surface area contributed by atoms with Gasteiger partial charge in [-0.1, -0.05) is 6.07 Å². The summed E-state index contributed by atoms with van der Waals surface area (Å²) in [4.78, 5) is 0. The van der Waals surface area contributed by atoms with E-state index in [-0.39, 0.29) is 11.3 Å². The minimum absolute atomic E-state index is 0.159. The van der Waals surface area contributed by atoms with Crippen LogP contribution in [-0.2, 0) is 6.18 Å². The number of nitrogens with one attached hydrogen (secondary N) is 1. The van der Waals surface area contributed by atoms with Crippen molar-refractivity contribution in [1.82, 2.24) is 0 Å². The lowest BCUT2D eigenvalue weighted by molar-refractivity contribution is -0.137. The lowest BCUT2D eigenvalue weighted by Crippen LogP contribution is -2.06. The third-order valence-electron chi connectivity index (χ3n) is 3.00. The van der Waals surface area contributed by atoms with Crippen molar-refractivity contribution >= 4 is 11.4 Å². The number of alkyl halides is 3. The first-order valence-electron chi connectivity index (χ1n) is 5.96. The van der Waals surface area contributed by atoms with Crippen molar-refractivity contribution in [3.63, 3.8) is 0 Å². The van der Waals surface area contributed by atoms with Gasteiger partial charge in [0.1, 0.15) is 11.9 Å². The van der Waals surface area contributed by atoms with E-state index in [4.69, 9.17) is 5.26 Å². The van der Waals surface area contributed by atoms with E-state index >= 15 is 0 Å². The summed E-state index contributed by atoms with van der Waals surface area (Å²) in [6, 6.07) is 8.83. The number of hydrogen-bond acceptors (Lipinski definition) is 2. The Bertz CT molecular complexity index is 715. The number of nitriles is 1. The zero-order chi connectivity index (χ0) is 15.6. The number of anilines is 2. The highest BCUT2D eigenvalue weighted by Gasteiger charge is 2.31. The van der Waals surface area contributed by atoms with Crippen molar-refractivity contribution in [3.05, 3.63) is 58.9 Å². The molecule has 0 bridgehead atoms. The summed E-state index contributed by atoms with van der Waals surface area (Å²) >= 11 is 0. The van der Waals surface area contributed by atoms with Gasteiger partial charge in [-0.05, 0) is 37.3 Å². The standard InChI is InChI=1S/C15H10F4N2/c1-9-12(16)3-2-4-13(9)21-14-6-5-11(15(17,18)19)7-10(14)8-20/h2-7,21H,1H3. The molecule has 0 saturated carbocycles. The van der Waals surface area contributed by atoms with Crippen LogP contribution in [0.3, 0.4) is 0 Å². The van der Waals surface area contributed by atoms with Crippen LogP contribution in [0, 0.1) is 24.1 Å². The van der Waals surface area contributed by atoms with Gasteiger partial charge < -0.3 is 5.32 Å². The highest BCUT2D eigenvalue weighted by atomic mass is 19.4. The third-order valence-corrected chi connectivity index (χ3v) is 3.00. The maximum Gasteiger partial charge on any atom is 0.416 e. The summed E-state index contributed by atoms with van der Waals surface area (Å²) in [6.07, 6.45) is -4.51. The first kappa shape index (κ1) is 14.9. The van der Waals surface area contributed by atoms with Gasteiger partial charge in [-0.25, -0.2) is 4.39 Å². The van der Waals surface area contributed by atoms with Gasteiger partial charge in [-0.3, -0.25) is 0 Å². The Balaban J connectivity index is 2.42. The van der Waals surface area contributed by atoms with Crippen LogP contribution in [-0.4, -0.2) is 0 Å². The molecule has 108 valence electrons. The molecule has 0 amide bonds. The number of nitrogens with zero attached hydrogens (tertiary/aromatic N) is 1. The van der Waals surface area contributed by atoms with Crippen LogP contribution in [0.4, 0.5) is 28.9 Å². The quantitative estimate of drug-likeness (QED) is 0.810. The van der Waals surface area contributed by atoms with Gasteiger partial charge >= 0.3 is 6.18 Å². The molecular formula is C15H10F4N2. The SMILES string of the molecule is Cc1c(F)cccc1Nc1ccc(C(F)(F)F)cc1C#N. The number of hydrogen-bond donors (Lipinski definition) is 1. The lowest BCUT2D eigenvalue weighted by atomic mass is 10.1. The van der Waals surface area contributed by atoms with E-state index < -0.39 is 17.6 Å². The first-order chi connectivity index (χ1) is 9.82. The Morgan fingerprint density at radius 2 is 1.81 bits per heavy atom. The van der Waals surface area contributed by atoms with Crippen LogP contribution >= 0.6 is 0 Å². The molecule has 0 unspecified atom stereocenters. The summed E-state index contributed by atoms with van der Waals surface area (Å²) in [7, 11) is 0. The minimum atomic E-state index is -4.51. The Labute approximate surface area is 118 Å². The second kappa shape index (κ2) is 5.44. The zero-order valence-electron chi connectivity index (χ0n) is 10.9. The fraction of sp³-hybridized carbons (Fsp3) is 0.133. The molecule has 0 fully saturated rings. The van der Waals surface area contributed by atoms with E-state index in [9.17, 15) is 17.6 Å². The van der Waals surface area contributed by atoms with E-state index in [0.717, 1.165) is 18.2 Å². The van der Waals surface area contributed by atoms with Crippen molar-refractivity contribution in [1.29, 1.82) is 5.26 Å². The first-order valence-corrected chi connectivity index (χ1v) is 5.96.